The van der Waals surface area contributed by atoms with Crippen molar-refractivity contribution < 1.29 is 44.3 Å². The van der Waals surface area contributed by atoms with Crippen molar-refractivity contribution >= 4 is 17.3 Å². The Labute approximate surface area is 187 Å². The Morgan fingerprint density at radius 1 is 1.00 bits per heavy atom. The Bertz CT molecular complexity index is 1150. The Balaban J connectivity index is 2.63. The molecule has 1 amide bonds. The monoisotopic (exact) mass is 497 g/mol. The van der Waals surface area contributed by atoms with Crippen LogP contribution in [0.2, 0.25) is 0 Å². The molecular weight excluding hydrogens is 481 g/mol. The van der Waals surface area contributed by atoms with Crippen LogP contribution in [0.5, 0.6) is 0 Å². The Kier molecular flexibility index (Phi) is 6.89. The van der Waals surface area contributed by atoms with Gasteiger partial charge >= 0.3 is 23.9 Å². The fraction of sp³-hybridized carbons (Fsp3) is 0.333. The molecule has 184 valence electrons. The third-order valence-electron chi connectivity index (χ3n) is 5.05. The lowest BCUT2D eigenvalue weighted by Crippen LogP contribution is -2.59. The van der Waals surface area contributed by atoms with Crippen LogP contribution in [0.25, 0.3) is 0 Å². The van der Waals surface area contributed by atoms with Crippen LogP contribution in [0.4, 0.5) is 50.9 Å². The number of carbonyl (C=O) groups excluding carboxylic acids is 1. The van der Waals surface area contributed by atoms with Crippen molar-refractivity contribution in [1.82, 2.24) is 0 Å². The Hall–Kier alpha value is -3.43. The van der Waals surface area contributed by atoms with Gasteiger partial charge in [0.05, 0.1) is 11.3 Å². The zero-order chi connectivity index (χ0) is 26.3. The third-order valence-corrected chi connectivity index (χ3v) is 5.05. The lowest BCUT2D eigenvalue weighted by molar-refractivity contribution is -0.389. The fourth-order valence-electron chi connectivity index (χ4n) is 3.23. The largest absolute Gasteiger partial charge is 0.457 e. The van der Waals surface area contributed by atoms with Gasteiger partial charge in [0.1, 0.15) is 6.07 Å². The van der Waals surface area contributed by atoms with Crippen molar-refractivity contribution in [2.45, 2.75) is 44.2 Å². The van der Waals surface area contributed by atoms with Crippen LogP contribution >= 0.6 is 0 Å². The number of amides is 1. The van der Waals surface area contributed by atoms with Gasteiger partial charge in [-0.2, -0.15) is 40.4 Å². The fourth-order valence-corrected chi connectivity index (χ4v) is 3.23. The summed E-state index contributed by atoms with van der Waals surface area (Å²) in [4.78, 5) is 12.5. The first-order valence-corrected chi connectivity index (χ1v) is 9.37. The van der Waals surface area contributed by atoms with Crippen LogP contribution in [-0.2, 0) is 12.1 Å². The minimum Gasteiger partial charge on any atom is -0.398 e. The number of hydrogen-bond donors (Lipinski definition) is 2. The highest BCUT2D eigenvalue weighted by atomic mass is 19.4. The summed E-state index contributed by atoms with van der Waals surface area (Å²) in [5.74, 6) is -7.68. The number of nitrogen functional groups attached to an aromatic ring is 1. The molecule has 1 unspecified atom stereocenters. The molecule has 2 aromatic carbocycles. The molecule has 4 nitrogen and oxygen atoms in total. The first-order valence-electron chi connectivity index (χ1n) is 9.37. The number of nitriles is 1. The maximum Gasteiger partial charge on any atom is 0.457 e. The Morgan fingerprint density at radius 3 is 2.03 bits per heavy atom. The lowest BCUT2D eigenvalue weighted by atomic mass is 9.85. The van der Waals surface area contributed by atoms with Crippen molar-refractivity contribution in [2.75, 3.05) is 11.1 Å². The van der Waals surface area contributed by atoms with Crippen LogP contribution in [0.3, 0.4) is 0 Å². The number of nitrogens with one attached hydrogen (secondary N) is 1. The van der Waals surface area contributed by atoms with E-state index < -0.39 is 41.0 Å². The van der Waals surface area contributed by atoms with Crippen molar-refractivity contribution in [3.05, 3.63) is 58.1 Å². The molecule has 13 heteroatoms. The lowest BCUT2D eigenvalue weighted by Gasteiger charge is -2.36. The molecule has 0 saturated heterocycles. The number of nitrogens with zero attached hydrogens (tertiary/aromatic N) is 1. The van der Waals surface area contributed by atoms with E-state index in [1.165, 1.54) is 19.1 Å². The highest BCUT2D eigenvalue weighted by Gasteiger charge is 2.81. The molecule has 34 heavy (non-hydrogen) atoms. The molecule has 3 N–H and O–H groups in total. The summed E-state index contributed by atoms with van der Waals surface area (Å²) in [6.07, 6.45) is -13.7. The summed E-state index contributed by atoms with van der Waals surface area (Å²) in [7, 11) is 0. The standard InChI is InChI=1S/C21H16F9N3O/c1-3-11-7-14(18(22,20(25,26)27)19(23,24)21(28,29)30)6-10(2)16(11)33-17(34)12-4-5-13(9-31)15(32)8-12/h4-8H,3,32H2,1-2H3,(H,33,34). The quantitative estimate of drug-likeness (QED) is 0.382. The molecule has 1 atom stereocenters. The second kappa shape index (κ2) is 8.73. The predicted octanol–water partition coefficient (Wildman–Crippen LogP) is 6.19. The smallest absolute Gasteiger partial charge is 0.398 e. The molecule has 0 aromatic heterocycles. The second-order valence-corrected chi connectivity index (χ2v) is 7.28. The average Bonchev–Trinajstić information content (AvgIpc) is 2.72. The summed E-state index contributed by atoms with van der Waals surface area (Å²) in [6, 6.07) is 5.71. The molecule has 0 aliphatic carbocycles. The highest BCUT2D eigenvalue weighted by molar-refractivity contribution is 6.05. The maximum absolute atomic E-state index is 14.9. The van der Waals surface area contributed by atoms with Gasteiger partial charge in [-0.15, -0.1) is 0 Å². The van der Waals surface area contributed by atoms with Crippen molar-refractivity contribution in [1.29, 1.82) is 5.26 Å². The number of aryl methyl sites for hydroxylation is 2. The summed E-state index contributed by atoms with van der Waals surface area (Å²) in [6.45, 7) is 2.32. The molecule has 0 saturated carbocycles. The van der Waals surface area contributed by atoms with E-state index in [9.17, 15) is 44.3 Å². The number of halogens is 9. The molecular formula is C21H16F9N3O. The van der Waals surface area contributed by atoms with Gasteiger partial charge in [-0.05, 0) is 48.7 Å². The van der Waals surface area contributed by atoms with Crippen LogP contribution in [-0.4, -0.2) is 24.2 Å². The number of alkyl halides is 9. The molecule has 0 aliphatic rings. The number of rotatable bonds is 5. The van der Waals surface area contributed by atoms with Crippen LogP contribution in [0.15, 0.2) is 30.3 Å². The average molecular weight is 497 g/mol. The van der Waals surface area contributed by atoms with E-state index in [4.69, 9.17) is 11.0 Å². The van der Waals surface area contributed by atoms with Crippen molar-refractivity contribution in [3.63, 3.8) is 0 Å². The summed E-state index contributed by atoms with van der Waals surface area (Å²) < 4.78 is 121. The number of anilines is 2. The summed E-state index contributed by atoms with van der Waals surface area (Å²) in [5, 5.41) is 11.2. The van der Waals surface area contributed by atoms with Gasteiger partial charge < -0.3 is 11.1 Å². The summed E-state index contributed by atoms with van der Waals surface area (Å²) >= 11 is 0. The second-order valence-electron chi connectivity index (χ2n) is 7.28. The van der Waals surface area contributed by atoms with Gasteiger partial charge in [-0.1, -0.05) is 13.0 Å². The van der Waals surface area contributed by atoms with E-state index in [1.54, 1.807) is 6.07 Å². The first-order chi connectivity index (χ1) is 15.4. The minimum atomic E-state index is -6.85. The molecule has 0 spiro atoms. The first kappa shape index (κ1) is 26.8. The number of carbonyl (C=O) groups is 1. The molecule has 0 bridgehead atoms. The zero-order valence-corrected chi connectivity index (χ0v) is 17.4. The van der Waals surface area contributed by atoms with Gasteiger partial charge in [0, 0.05) is 16.8 Å². The molecule has 2 rings (SSSR count). The van der Waals surface area contributed by atoms with E-state index in [2.05, 4.69) is 5.32 Å². The van der Waals surface area contributed by atoms with E-state index in [0.29, 0.717) is 0 Å². The van der Waals surface area contributed by atoms with Gasteiger partial charge in [-0.3, -0.25) is 4.79 Å². The van der Waals surface area contributed by atoms with Crippen LogP contribution in [0.1, 0.15) is 39.5 Å². The summed E-state index contributed by atoms with van der Waals surface area (Å²) in [5.41, 5.74) is -3.44. The number of benzene rings is 2. The van der Waals surface area contributed by atoms with Crippen LogP contribution in [0, 0.1) is 18.3 Å². The molecule has 2 aromatic rings. The topological polar surface area (TPSA) is 78.9 Å². The van der Waals surface area contributed by atoms with E-state index in [0.717, 1.165) is 13.0 Å². The maximum atomic E-state index is 14.9. The number of hydrogen-bond acceptors (Lipinski definition) is 3. The number of nitrogens with two attached hydrogens (primary N) is 1. The van der Waals surface area contributed by atoms with Gasteiger partial charge in [-0.25, -0.2) is 4.39 Å². The van der Waals surface area contributed by atoms with E-state index in [1.807, 2.05) is 0 Å². The van der Waals surface area contributed by atoms with E-state index in [-0.39, 0.29) is 46.6 Å². The molecule has 0 radical (unpaired) electrons. The van der Waals surface area contributed by atoms with Gasteiger partial charge in [0.15, 0.2) is 0 Å². The molecule has 0 fully saturated rings. The van der Waals surface area contributed by atoms with Crippen molar-refractivity contribution in [3.8, 4) is 6.07 Å². The zero-order valence-electron chi connectivity index (χ0n) is 17.4. The van der Waals surface area contributed by atoms with E-state index >= 15 is 0 Å². The Morgan fingerprint density at radius 2 is 1.59 bits per heavy atom. The molecule has 0 heterocycles. The van der Waals surface area contributed by atoms with Gasteiger partial charge in [0.25, 0.3) is 5.91 Å². The predicted molar refractivity (Wildman–Crippen MR) is 104 cm³/mol. The third kappa shape index (κ3) is 4.36. The highest BCUT2D eigenvalue weighted by Crippen LogP contribution is 2.58. The van der Waals surface area contributed by atoms with Crippen LogP contribution < -0.4 is 11.1 Å². The normalized spacial score (nSPS) is 14.3. The van der Waals surface area contributed by atoms with Gasteiger partial charge in [0.2, 0.25) is 0 Å². The minimum absolute atomic E-state index is 0.0558. The molecule has 0 aliphatic heterocycles. The SMILES string of the molecule is CCc1cc(C(F)(C(F)(F)F)C(F)(F)C(F)(F)F)cc(C)c1NC(=O)c1ccc(C#N)c(N)c1. The van der Waals surface area contributed by atoms with Crippen molar-refractivity contribution in [2.24, 2.45) is 0 Å².